The van der Waals surface area contributed by atoms with E-state index >= 15 is 0 Å². The van der Waals surface area contributed by atoms with Crippen molar-refractivity contribution in [3.05, 3.63) is 76.6 Å². The Labute approximate surface area is 196 Å². The van der Waals surface area contributed by atoms with Gasteiger partial charge in [-0.05, 0) is 47.8 Å². The van der Waals surface area contributed by atoms with E-state index in [-0.39, 0.29) is 22.5 Å². The standard InChI is InChI=1S/C21H20ClN3O3S2.ClH/c22-18-4-1-2-5-19(18)24-11-13-25(14-12-24)21(26)16-7-9-17(10-8-16)23-30(27,28)20-6-3-15-29-20;/h1-10,15,23H,11-14H2;1H. The van der Waals surface area contributed by atoms with Gasteiger partial charge in [0.1, 0.15) is 4.21 Å². The molecule has 0 radical (unpaired) electrons. The van der Waals surface area contributed by atoms with Crippen molar-refractivity contribution in [2.45, 2.75) is 4.21 Å². The minimum Gasteiger partial charge on any atom is -0.367 e. The fourth-order valence-electron chi connectivity index (χ4n) is 3.34. The first-order chi connectivity index (χ1) is 14.4. The number of piperazine rings is 1. The summed E-state index contributed by atoms with van der Waals surface area (Å²) >= 11 is 7.43. The van der Waals surface area contributed by atoms with Crippen LogP contribution >= 0.6 is 35.3 Å². The smallest absolute Gasteiger partial charge is 0.271 e. The van der Waals surface area contributed by atoms with E-state index in [0.717, 1.165) is 17.0 Å². The lowest BCUT2D eigenvalue weighted by Gasteiger charge is -2.36. The number of hydrogen-bond donors (Lipinski definition) is 1. The van der Waals surface area contributed by atoms with Gasteiger partial charge in [0.05, 0.1) is 10.7 Å². The zero-order chi connectivity index (χ0) is 21.1. The Kier molecular flexibility index (Phi) is 7.48. The van der Waals surface area contributed by atoms with Crippen LogP contribution in [0.25, 0.3) is 0 Å². The van der Waals surface area contributed by atoms with Gasteiger partial charge >= 0.3 is 0 Å². The van der Waals surface area contributed by atoms with Crippen molar-refractivity contribution < 1.29 is 13.2 Å². The summed E-state index contributed by atoms with van der Waals surface area (Å²) in [6.45, 7) is 2.59. The van der Waals surface area contributed by atoms with Crippen LogP contribution in [0, 0.1) is 0 Å². The molecule has 1 aliphatic rings. The number of benzene rings is 2. The van der Waals surface area contributed by atoms with Crippen LogP contribution in [0.3, 0.4) is 0 Å². The molecule has 1 aromatic heterocycles. The number of thiophene rings is 1. The van der Waals surface area contributed by atoms with Crippen molar-refractivity contribution in [2.75, 3.05) is 35.8 Å². The number of amides is 1. The molecule has 1 N–H and O–H groups in total. The van der Waals surface area contributed by atoms with Crippen LogP contribution in [0.2, 0.25) is 5.02 Å². The third-order valence-corrected chi connectivity index (χ3v) is 8.00. The molecule has 6 nitrogen and oxygen atoms in total. The molecule has 10 heteroatoms. The van der Waals surface area contributed by atoms with Gasteiger partial charge in [0.15, 0.2) is 0 Å². The number of nitrogens with zero attached hydrogens (tertiary/aromatic N) is 2. The molecule has 4 rings (SSSR count). The van der Waals surface area contributed by atoms with E-state index in [4.69, 9.17) is 11.6 Å². The second-order valence-corrected chi connectivity index (χ2v) is 10.1. The molecule has 1 fully saturated rings. The second kappa shape index (κ2) is 9.91. The lowest BCUT2D eigenvalue weighted by Crippen LogP contribution is -2.48. The van der Waals surface area contributed by atoms with Crippen molar-refractivity contribution in [2.24, 2.45) is 0 Å². The highest BCUT2D eigenvalue weighted by molar-refractivity contribution is 7.94. The Morgan fingerprint density at radius 2 is 1.61 bits per heavy atom. The topological polar surface area (TPSA) is 69.7 Å². The van der Waals surface area contributed by atoms with Crippen LogP contribution in [-0.4, -0.2) is 45.4 Å². The molecule has 2 aromatic carbocycles. The van der Waals surface area contributed by atoms with Gasteiger partial charge < -0.3 is 9.80 Å². The van der Waals surface area contributed by atoms with Gasteiger partial charge in [-0.25, -0.2) is 8.42 Å². The third kappa shape index (κ3) is 5.33. The molecular formula is C21H21Cl2N3O3S2. The zero-order valence-electron chi connectivity index (χ0n) is 16.4. The Morgan fingerprint density at radius 1 is 0.935 bits per heavy atom. The van der Waals surface area contributed by atoms with E-state index < -0.39 is 10.0 Å². The average Bonchev–Trinajstić information content (AvgIpc) is 3.30. The van der Waals surface area contributed by atoms with Gasteiger partial charge in [0.2, 0.25) is 0 Å². The van der Waals surface area contributed by atoms with E-state index in [0.29, 0.717) is 42.5 Å². The molecule has 0 saturated carbocycles. The van der Waals surface area contributed by atoms with E-state index in [2.05, 4.69) is 9.62 Å². The predicted molar refractivity (Wildman–Crippen MR) is 128 cm³/mol. The first kappa shape index (κ1) is 23.4. The molecule has 2 heterocycles. The van der Waals surface area contributed by atoms with Gasteiger partial charge in [-0.2, -0.15) is 0 Å². The van der Waals surface area contributed by atoms with Gasteiger partial charge in [-0.3, -0.25) is 9.52 Å². The number of hydrogen-bond acceptors (Lipinski definition) is 5. The minimum absolute atomic E-state index is 0. The first-order valence-electron chi connectivity index (χ1n) is 9.39. The van der Waals surface area contributed by atoms with Crippen LogP contribution in [-0.2, 0) is 10.0 Å². The average molecular weight is 498 g/mol. The van der Waals surface area contributed by atoms with E-state index in [1.165, 1.54) is 0 Å². The Bertz CT molecular complexity index is 1130. The largest absolute Gasteiger partial charge is 0.367 e. The molecule has 0 spiro atoms. The number of anilines is 2. The number of rotatable bonds is 5. The van der Waals surface area contributed by atoms with Gasteiger partial charge in [-0.1, -0.05) is 29.8 Å². The highest BCUT2D eigenvalue weighted by Gasteiger charge is 2.23. The Balaban J connectivity index is 0.00000272. The number of sulfonamides is 1. The van der Waals surface area contributed by atoms with Crippen LogP contribution in [0.1, 0.15) is 10.4 Å². The van der Waals surface area contributed by atoms with Crippen LogP contribution < -0.4 is 9.62 Å². The molecule has 0 unspecified atom stereocenters. The summed E-state index contributed by atoms with van der Waals surface area (Å²) in [5, 5.41) is 2.42. The van der Waals surface area contributed by atoms with Crippen LogP contribution in [0.15, 0.2) is 70.3 Å². The predicted octanol–water partition coefficient (Wildman–Crippen LogP) is 4.59. The minimum atomic E-state index is -3.60. The molecule has 3 aromatic rings. The summed E-state index contributed by atoms with van der Waals surface area (Å²) < 4.78 is 27.4. The zero-order valence-corrected chi connectivity index (χ0v) is 19.6. The summed E-state index contributed by atoms with van der Waals surface area (Å²) in [6, 6.07) is 17.4. The van der Waals surface area contributed by atoms with Gasteiger partial charge in [0, 0.05) is 37.4 Å². The van der Waals surface area contributed by atoms with E-state index in [1.54, 1.807) is 46.7 Å². The van der Waals surface area contributed by atoms with Crippen LogP contribution in [0.5, 0.6) is 0 Å². The summed E-state index contributed by atoms with van der Waals surface area (Å²) in [5.41, 5.74) is 1.93. The fourth-order valence-corrected chi connectivity index (χ4v) is 5.65. The maximum atomic E-state index is 12.8. The highest BCUT2D eigenvalue weighted by atomic mass is 35.5. The SMILES string of the molecule is Cl.O=C(c1ccc(NS(=O)(=O)c2cccs2)cc1)N1CCN(c2ccccc2Cl)CC1. The number of halogens is 2. The fraction of sp³-hybridized carbons (Fsp3) is 0.190. The Morgan fingerprint density at radius 3 is 2.23 bits per heavy atom. The van der Waals surface area contributed by atoms with Gasteiger partial charge in [0.25, 0.3) is 15.9 Å². The molecule has 0 atom stereocenters. The first-order valence-corrected chi connectivity index (χ1v) is 12.1. The summed E-state index contributed by atoms with van der Waals surface area (Å²) in [7, 11) is -3.60. The number of carbonyl (C=O) groups excluding carboxylic acids is 1. The third-order valence-electron chi connectivity index (χ3n) is 4.90. The molecular weight excluding hydrogens is 477 g/mol. The summed E-state index contributed by atoms with van der Waals surface area (Å²) in [6.07, 6.45) is 0. The second-order valence-electron chi connectivity index (χ2n) is 6.85. The molecule has 1 amide bonds. The normalized spacial score (nSPS) is 14.1. The quantitative estimate of drug-likeness (QED) is 0.559. The van der Waals surface area contributed by atoms with Crippen molar-refractivity contribution in [1.82, 2.24) is 4.90 Å². The molecule has 164 valence electrons. The van der Waals surface area contributed by atoms with E-state index in [9.17, 15) is 13.2 Å². The molecule has 0 bridgehead atoms. The Hall–Kier alpha value is -2.26. The number of carbonyl (C=O) groups is 1. The van der Waals surface area contributed by atoms with Crippen molar-refractivity contribution >= 4 is 62.7 Å². The van der Waals surface area contributed by atoms with Gasteiger partial charge in [-0.15, -0.1) is 23.7 Å². The monoisotopic (exact) mass is 497 g/mol. The maximum Gasteiger partial charge on any atom is 0.271 e. The molecule has 1 aliphatic heterocycles. The maximum absolute atomic E-state index is 12.8. The lowest BCUT2D eigenvalue weighted by atomic mass is 10.1. The summed E-state index contributed by atoms with van der Waals surface area (Å²) in [4.78, 5) is 16.8. The number of para-hydroxylation sites is 1. The van der Waals surface area contributed by atoms with E-state index in [1.807, 2.05) is 24.3 Å². The van der Waals surface area contributed by atoms with Crippen molar-refractivity contribution in [1.29, 1.82) is 0 Å². The molecule has 0 aliphatic carbocycles. The van der Waals surface area contributed by atoms with Crippen molar-refractivity contribution in [3.63, 3.8) is 0 Å². The lowest BCUT2D eigenvalue weighted by molar-refractivity contribution is 0.0747. The molecule has 1 saturated heterocycles. The van der Waals surface area contributed by atoms with Crippen LogP contribution in [0.4, 0.5) is 11.4 Å². The number of nitrogens with one attached hydrogen (secondary N) is 1. The molecule has 31 heavy (non-hydrogen) atoms. The highest BCUT2D eigenvalue weighted by Crippen LogP contribution is 2.26. The van der Waals surface area contributed by atoms with Crippen molar-refractivity contribution in [3.8, 4) is 0 Å². The summed E-state index contributed by atoms with van der Waals surface area (Å²) in [5.74, 6) is -0.0681.